The molecule has 0 bridgehead atoms. The van der Waals surface area contributed by atoms with Gasteiger partial charge in [-0.25, -0.2) is 0 Å². The molecule has 0 spiro atoms. The number of hydrogen-bond donors (Lipinski definition) is 12. The molecular weight excluding hydrogens is 1490 g/mol. The maximum atomic E-state index is 13.0. The third-order valence-corrected chi connectivity index (χ3v) is 28.4. The van der Waals surface area contributed by atoms with Gasteiger partial charge in [0.15, 0.2) is 0 Å². The molecule has 0 unspecified atom stereocenters. The Labute approximate surface area is 708 Å². The maximum absolute atomic E-state index is 13.0. The van der Waals surface area contributed by atoms with Gasteiger partial charge in [0.2, 0.25) is 0 Å². The molecule has 12 aromatic rings. The van der Waals surface area contributed by atoms with Gasteiger partial charge in [0.25, 0.3) is 0 Å². The Morgan fingerprint density at radius 3 is 0.458 bits per heavy atom. The van der Waals surface area contributed by atoms with Crippen molar-refractivity contribution in [1.29, 1.82) is 0 Å². The largest absolute Gasteiger partial charge is 0.508 e. The van der Waals surface area contributed by atoms with Crippen LogP contribution < -0.4 is 0 Å². The minimum Gasteiger partial charge on any atom is -0.508 e. The van der Waals surface area contributed by atoms with E-state index in [2.05, 4.69) is 48.5 Å². The minimum absolute atomic E-state index is 0.137. The van der Waals surface area contributed by atoms with Crippen LogP contribution in [0.5, 0.6) is 69.0 Å². The van der Waals surface area contributed by atoms with Crippen LogP contribution in [0.3, 0.4) is 0 Å². The Balaban J connectivity index is 0.962. The van der Waals surface area contributed by atoms with Gasteiger partial charge < -0.3 is 61.3 Å². The number of phenolic OH excluding ortho intramolecular Hbond substituents is 12. The van der Waals surface area contributed by atoms with Crippen molar-refractivity contribution in [2.75, 3.05) is 0 Å². The lowest BCUT2D eigenvalue weighted by Gasteiger charge is -2.48. The SMILES string of the molecule is Cc1cc(C(c2cc(C)c(O)cc2C)c2cc(C3(c4cc(C)c(O)c(C(c5cc(C)c(O)cc5C)c5cc(C)c(O)cc5C)c4)CCC(C4CCC(c5cc(C)c(O)c(C(c6cc(C)c(O)cc6C)c6cc(C)c(O)cc6C)c5)(c5cc(C)c(O)c(C(c6cc(C)c(O)cc6C)c6cc(C)c(O)cc6C)c5)CC4)CC3)cc(C)c2O)c(C)cc1O. The molecule has 14 rings (SSSR count). The zero-order valence-corrected chi connectivity index (χ0v) is 73.3. The Morgan fingerprint density at radius 2 is 0.317 bits per heavy atom. The fourth-order valence-electron chi connectivity index (χ4n) is 21.0. The lowest BCUT2D eigenvalue weighted by Crippen LogP contribution is -2.39. The third kappa shape index (κ3) is 15.0. The number of aryl methyl sites for hydroxylation is 20. The van der Waals surface area contributed by atoms with Gasteiger partial charge in [0.1, 0.15) is 69.0 Å². The molecule has 0 aromatic heterocycles. The molecule has 2 saturated carbocycles. The molecule has 12 N–H and O–H groups in total. The van der Waals surface area contributed by atoms with E-state index in [9.17, 15) is 61.3 Å². The second kappa shape index (κ2) is 32.1. The highest BCUT2D eigenvalue weighted by atomic mass is 16.3. The summed E-state index contributed by atoms with van der Waals surface area (Å²) in [7, 11) is 0. The lowest BCUT2D eigenvalue weighted by atomic mass is 9.56. The first-order valence-electron chi connectivity index (χ1n) is 42.4. The lowest BCUT2D eigenvalue weighted by molar-refractivity contribution is 0.140. The Hall–Kier alpha value is -11.8. The smallest absolute Gasteiger partial charge is 0.122 e. The number of benzene rings is 12. The van der Waals surface area contributed by atoms with Crippen molar-refractivity contribution in [2.45, 2.75) is 224 Å². The summed E-state index contributed by atoms with van der Waals surface area (Å²) in [6, 6.07) is 48.0. The van der Waals surface area contributed by atoms with Gasteiger partial charge in [-0.3, -0.25) is 0 Å². The quantitative estimate of drug-likeness (QED) is 0.0381. The molecular formula is C108H118O12. The average molecular weight is 1610 g/mol. The summed E-state index contributed by atoms with van der Waals surface area (Å²) in [4.78, 5) is 0. The van der Waals surface area contributed by atoms with Gasteiger partial charge in [-0.2, -0.15) is 0 Å². The number of rotatable bonds is 17. The van der Waals surface area contributed by atoms with Gasteiger partial charge >= 0.3 is 0 Å². The highest BCUT2D eigenvalue weighted by Crippen LogP contribution is 2.59. The van der Waals surface area contributed by atoms with Crippen LogP contribution in [0.1, 0.15) is 275 Å². The second-order valence-electron chi connectivity index (χ2n) is 36.5. The molecule has 622 valence electrons. The molecule has 0 saturated heterocycles. The summed E-state index contributed by atoms with van der Waals surface area (Å²) < 4.78 is 0. The van der Waals surface area contributed by atoms with Crippen molar-refractivity contribution >= 4 is 0 Å². The van der Waals surface area contributed by atoms with E-state index in [1.807, 2.05) is 187 Å². The summed E-state index contributed by atoms with van der Waals surface area (Å²) in [5.41, 5.74) is 27.2. The van der Waals surface area contributed by atoms with Crippen LogP contribution in [0, 0.1) is 150 Å². The van der Waals surface area contributed by atoms with Crippen LogP contribution in [0.2, 0.25) is 0 Å². The summed E-state index contributed by atoms with van der Waals surface area (Å²) in [6.07, 6.45) is 5.90. The third-order valence-electron chi connectivity index (χ3n) is 28.4. The van der Waals surface area contributed by atoms with Crippen LogP contribution >= 0.6 is 0 Å². The van der Waals surface area contributed by atoms with E-state index in [0.717, 1.165) is 137 Å². The van der Waals surface area contributed by atoms with Crippen molar-refractivity contribution in [1.82, 2.24) is 0 Å². The summed E-state index contributed by atoms with van der Waals surface area (Å²) in [6.45, 7) is 38.9. The van der Waals surface area contributed by atoms with Crippen LogP contribution in [-0.4, -0.2) is 61.3 Å². The summed E-state index contributed by atoms with van der Waals surface area (Å²) in [5.74, 6) is 0.0361. The number of phenols is 12. The monoisotopic (exact) mass is 1610 g/mol. The summed E-state index contributed by atoms with van der Waals surface area (Å²) >= 11 is 0. The average Bonchev–Trinajstić information content (AvgIpc) is 0.730. The van der Waals surface area contributed by atoms with Gasteiger partial charge in [-0.1, -0.05) is 97.1 Å². The standard InChI is InChI=1S/C108H118O12/c1-53-41-91(109)61(9)33-79(53)99(80-34-62(10)92(110)42-54(80)2)87-49-75(29-69(17)103(87)117)107(76-30-70(18)104(118)88(50-76)100(81-35-63(11)93(111)43-55(81)3)82-36-64(12)94(112)44-56(82)4)25-21-73(22-26-107)74-23-27-108(28-24-74,77-31-71(19)105(119)89(51-77)101(83-37-65(13)95(113)45-57(83)5)84-38-66(14)96(114)46-58(84)6)78-32-72(20)106(120)90(52-78)102(85-39-67(15)97(115)47-59(85)7)86-40-68(16)98(116)48-60(86)8/h29-52,73-74,99-102,109-120H,21-28H2,1-20H3. The first kappa shape index (κ1) is 84.7. The molecule has 0 atom stereocenters. The Kier molecular flexibility index (Phi) is 22.6. The molecule has 0 radical (unpaired) electrons. The van der Waals surface area contributed by atoms with Gasteiger partial charge in [-0.15, -0.1) is 0 Å². The fourth-order valence-corrected chi connectivity index (χ4v) is 21.0. The van der Waals surface area contributed by atoms with Crippen LogP contribution in [0.4, 0.5) is 0 Å². The Morgan fingerprint density at radius 1 is 0.175 bits per heavy atom. The molecule has 0 aliphatic heterocycles. The maximum Gasteiger partial charge on any atom is 0.122 e. The second-order valence-corrected chi connectivity index (χ2v) is 36.5. The Bertz CT molecular complexity index is 5180. The molecule has 2 aliphatic rings. The van der Waals surface area contributed by atoms with E-state index in [1.54, 1.807) is 48.5 Å². The zero-order chi connectivity index (χ0) is 86.8. The molecule has 2 fully saturated rings. The number of aromatic hydroxyl groups is 12. The molecule has 12 nitrogen and oxygen atoms in total. The van der Waals surface area contributed by atoms with Crippen molar-refractivity contribution in [2.24, 2.45) is 11.8 Å². The van der Waals surface area contributed by atoms with E-state index in [1.165, 1.54) is 0 Å². The minimum atomic E-state index is -0.761. The van der Waals surface area contributed by atoms with Crippen LogP contribution in [0.15, 0.2) is 146 Å². The molecule has 120 heavy (non-hydrogen) atoms. The molecule has 2 aliphatic carbocycles. The van der Waals surface area contributed by atoms with Gasteiger partial charge in [0.05, 0.1) is 0 Å². The molecule has 0 amide bonds. The first-order chi connectivity index (χ1) is 56.6. The number of hydrogen-bond acceptors (Lipinski definition) is 12. The normalized spacial score (nSPS) is 14.5. The van der Waals surface area contributed by atoms with E-state index in [0.29, 0.717) is 115 Å². The molecule has 12 heteroatoms. The zero-order valence-electron chi connectivity index (χ0n) is 73.3. The van der Waals surface area contributed by atoms with Crippen molar-refractivity contribution in [3.63, 3.8) is 0 Å². The molecule has 0 heterocycles. The van der Waals surface area contributed by atoms with E-state index >= 15 is 0 Å². The van der Waals surface area contributed by atoms with Crippen LogP contribution in [-0.2, 0) is 10.8 Å². The fraction of sp³-hybridized carbons (Fsp3) is 0.333. The van der Waals surface area contributed by atoms with Crippen molar-refractivity contribution in [3.8, 4) is 69.0 Å². The van der Waals surface area contributed by atoms with Crippen LogP contribution in [0.25, 0.3) is 0 Å². The first-order valence-corrected chi connectivity index (χ1v) is 42.4. The van der Waals surface area contributed by atoms with E-state index in [-0.39, 0.29) is 80.8 Å². The highest BCUT2D eigenvalue weighted by molar-refractivity contribution is 5.68. The van der Waals surface area contributed by atoms with Crippen molar-refractivity contribution in [3.05, 3.63) is 346 Å². The predicted molar refractivity (Wildman–Crippen MR) is 481 cm³/mol. The highest BCUT2D eigenvalue weighted by Gasteiger charge is 2.47. The molecule has 12 aromatic carbocycles. The predicted octanol–water partition coefficient (Wildman–Crippen LogP) is 24.7. The summed E-state index contributed by atoms with van der Waals surface area (Å²) in [5, 5.41) is 143. The van der Waals surface area contributed by atoms with E-state index < -0.39 is 34.5 Å². The van der Waals surface area contributed by atoms with Crippen molar-refractivity contribution < 1.29 is 61.3 Å². The van der Waals surface area contributed by atoms with E-state index in [4.69, 9.17) is 0 Å². The van der Waals surface area contributed by atoms with Gasteiger partial charge in [0, 0.05) is 56.8 Å². The van der Waals surface area contributed by atoms with Gasteiger partial charge in [-0.05, 0) is 428 Å². The topological polar surface area (TPSA) is 243 Å².